The number of esters is 1. The quantitative estimate of drug-likeness (QED) is 0.500. The Balaban J connectivity index is 1.87. The summed E-state index contributed by atoms with van der Waals surface area (Å²) in [6, 6.07) is 14.1. The SMILES string of the molecule is COc1ccc(C(=O)C(C)OC(=O)c2c(C)c(C)nc3ccccc23)cc1. The Bertz CT molecular complexity index is 1010. The number of benzene rings is 2. The van der Waals surface area contributed by atoms with E-state index in [1.165, 1.54) is 0 Å². The predicted octanol–water partition coefficient (Wildman–Crippen LogP) is 4.29. The number of methoxy groups -OCH3 is 1. The van der Waals surface area contributed by atoms with Crippen LogP contribution in [0.2, 0.25) is 0 Å². The highest BCUT2D eigenvalue weighted by molar-refractivity contribution is 6.07. The van der Waals surface area contributed by atoms with Crippen LogP contribution in [0.5, 0.6) is 5.75 Å². The molecule has 1 aromatic heterocycles. The van der Waals surface area contributed by atoms with E-state index in [2.05, 4.69) is 4.98 Å². The van der Waals surface area contributed by atoms with Crippen LogP contribution in [0.1, 0.15) is 38.9 Å². The molecule has 0 aliphatic heterocycles. The summed E-state index contributed by atoms with van der Waals surface area (Å²) in [5.41, 5.74) is 3.15. The number of carbonyl (C=O) groups excluding carboxylic acids is 2. The molecule has 2 aromatic carbocycles. The van der Waals surface area contributed by atoms with E-state index in [1.54, 1.807) is 38.3 Å². The molecular weight excluding hydrogens is 342 g/mol. The largest absolute Gasteiger partial charge is 0.497 e. The van der Waals surface area contributed by atoms with Gasteiger partial charge in [-0.25, -0.2) is 4.79 Å². The predicted molar refractivity (Wildman–Crippen MR) is 103 cm³/mol. The number of fused-ring (bicyclic) bond motifs is 1. The third-order valence-corrected chi connectivity index (χ3v) is 4.61. The van der Waals surface area contributed by atoms with E-state index in [0.29, 0.717) is 16.9 Å². The molecule has 5 heteroatoms. The van der Waals surface area contributed by atoms with Gasteiger partial charge in [0.2, 0.25) is 5.78 Å². The van der Waals surface area contributed by atoms with Gasteiger partial charge in [0.25, 0.3) is 0 Å². The smallest absolute Gasteiger partial charge is 0.339 e. The molecule has 27 heavy (non-hydrogen) atoms. The number of hydrogen-bond acceptors (Lipinski definition) is 5. The lowest BCUT2D eigenvalue weighted by molar-refractivity contribution is 0.0320. The van der Waals surface area contributed by atoms with Crippen LogP contribution in [0.15, 0.2) is 48.5 Å². The summed E-state index contributed by atoms with van der Waals surface area (Å²) in [6.07, 6.45) is -0.905. The van der Waals surface area contributed by atoms with Crippen LogP contribution >= 0.6 is 0 Å². The number of nitrogens with zero attached hydrogens (tertiary/aromatic N) is 1. The third-order valence-electron chi connectivity index (χ3n) is 4.61. The Hall–Kier alpha value is -3.21. The van der Waals surface area contributed by atoms with Gasteiger partial charge in [-0.05, 0) is 56.7 Å². The summed E-state index contributed by atoms with van der Waals surface area (Å²) in [5.74, 6) is -0.132. The topological polar surface area (TPSA) is 65.5 Å². The maximum atomic E-state index is 12.9. The fourth-order valence-electron chi connectivity index (χ4n) is 2.96. The molecular formula is C22H21NO4. The van der Waals surface area contributed by atoms with Crippen LogP contribution in [0, 0.1) is 13.8 Å². The average molecular weight is 363 g/mol. The molecule has 0 aliphatic rings. The monoisotopic (exact) mass is 363 g/mol. The van der Waals surface area contributed by atoms with E-state index < -0.39 is 12.1 Å². The first-order valence-corrected chi connectivity index (χ1v) is 8.67. The highest BCUT2D eigenvalue weighted by Crippen LogP contribution is 2.24. The minimum Gasteiger partial charge on any atom is -0.497 e. The van der Waals surface area contributed by atoms with Crippen molar-refractivity contribution in [3.05, 3.63) is 70.9 Å². The fraction of sp³-hybridized carbons (Fsp3) is 0.227. The van der Waals surface area contributed by atoms with Gasteiger partial charge >= 0.3 is 5.97 Å². The number of ether oxygens (including phenoxy) is 2. The second kappa shape index (κ2) is 7.58. The van der Waals surface area contributed by atoms with Gasteiger partial charge in [0, 0.05) is 16.6 Å². The lowest BCUT2D eigenvalue weighted by atomic mass is 10.0. The van der Waals surface area contributed by atoms with Gasteiger partial charge in [0.05, 0.1) is 18.2 Å². The highest BCUT2D eigenvalue weighted by Gasteiger charge is 2.24. The molecule has 3 rings (SSSR count). The lowest BCUT2D eigenvalue weighted by Gasteiger charge is -2.16. The van der Waals surface area contributed by atoms with Crippen molar-refractivity contribution >= 4 is 22.7 Å². The minimum absolute atomic E-state index is 0.265. The van der Waals surface area contributed by atoms with Crippen LogP contribution in [0.25, 0.3) is 10.9 Å². The van der Waals surface area contributed by atoms with Crippen molar-refractivity contribution in [2.24, 2.45) is 0 Å². The number of rotatable bonds is 5. The van der Waals surface area contributed by atoms with Gasteiger partial charge in [-0.15, -0.1) is 0 Å². The Kier molecular flexibility index (Phi) is 5.21. The first-order chi connectivity index (χ1) is 12.9. The molecule has 0 bridgehead atoms. The molecule has 138 valence electrons. The van der Waals surface area contributed by atoms with E-state index in [0.717, 1.165) is 22.2 Å². The fourth-order valence-corrected chi connectivity index (χ4v) is 2.96. The molecule has 1 unspecified atom stereocenters. The van der Waals surface area contributed by atoms with Crippen molar-refractivity contribution in [2.75, 3.05) is 7.11 Å². The number of hydrogen-bond donors (Lipinski definition) is 0. The number of pyridine rings is 1. The summed E-state index contributed by atoms with van der Waals surface area (Å²) >= 11 is 0. The number of ketones is 1. The molecule has 0 saturated heterocycles. The summed E-state index contributed by atoms with van der Waals surface area (Å²) in [5, 5.41) is 0.717. The molecule has 0 amide bonds. The molecule has 3 aromatic rings. The Morgan fingerprint density at radius 1 is 1.00 bits per heavy atom. The molecule has 0 spiro atoms. The van der Waals surface area contributed by atoms with Crippen LogP contribution < -0.4 is 4.74 Å². The van der Waals surface area contributed by atoms with Crippen molar-refractivity contribution in [2.45, 2.75) is 26.9 Å². The zero-order valence-corrected chi connectivity index (χ0v) is 15.8. The number of aromatic nitrogens is 1. The van der Waals surface area contributed by atoms with Crippen LogP contribution in [-0.2, 0) is 4.74 Å². The van der Waals surface area contributed by atoms with E-state index in [9.17, 15) is 9.59 Å². The Morgan fingerprint density at radius 3 is 2.33 bits per heavy atom. The zero-order chi connectivity index (χ0) is 19.6. The standard InChI is InChI=1S/C22H21NO4/c1-13-14(2)23-19-8-6-5-7-18(19)20(13)22(25)27-15(3)21(24)16-9-11-17(26-4)12-10-16/h5-12,15H,1-4H3. The van der Waals surface area contributed by atoms with Gasteiger partial charge in [-0.1, -0.05) is 18.2 Å². The van der Waals surface area contributed by atoms with Crippen molar-refractivity contribution in [1.82, 2.24) is 4.98 Å². The summed E-state index contributed by atoms with van der Waals surface area (Å²) < 4.78 is 10.6. The first kappa shape index (κ1) is 18.6. The van der Waals surface area contributed by atoms with Gasteiger partial charge in [-0.2, -0.15) is 0 Å². The second-order valence-corrected chi connectivity index (χ2v) is 6.35. The van der Waals surface area contributed by atoms with Gasteiger partial charge in [-0.3, -0.25) is 9.78 Å². The summed E-state index contributed by atoms with van der Waals surface area (Å²) in [7, 11) is 1.56. The van der Waals surface area contributed by atoms with Crippen molar-refractivity contribution < 1.29 is 19.1 Å². The highest BCUT2D eigenvalue weighted by atomic mass is 16.5. The molecule has 0 radical (unpaired) electrons. The van der Waals surface area contributed by atoms with Gasteiger partial charge in [0.15, 0.2) is 6.10 Å². The van der Waals surface area contributed by atoms with Crippen LogP contribution in [0.4, 0.5) is 0 Å². The number of aryl methyl sites for hydroxylation is 1. The minimum atomic E-state index is -0.905. The molecule has 1 heterocycles. The van der Waals surface area contributed by atoms with Crippen molar-refractivity contribution in [3.63, 3.8) is 0 Å². The zero-order valence-electron chi connectivity index (χ0n) is 15.8. The maximum Gasteiger partial charge on any atom is 0.339 e. The second-order valence-electron chi connectivity index (χ2n) is 6.35. The third kappa shape index (κ3) is 3.67. The van der Waals surface area contributed by atoms with E-state index in [1.807, 2.05) is 38.1 Å². The maximum absolute atomic E-state index is 12.9. The lowest BCUT2D eigenvalue weighted by Crippen LogP contribution is -2.25. The number of para-hydroxylation sites is 1. The van der Waals surface area contributed by atoms with Gasteiger partial charge < -0.3 is 9.47 Å². The summed E-state index contributed by atoms with van der Waals surface area (Å²) in [6.45, 7) is 5.27. The van der Waals surface area contributed by atoms with E-state index in [-0.39, 0.29) is 5.78 Å². The van der Waals surface area contributed by atoms with Crippen molar-refractivity contribution in [1.29, 1.82) is 0 Å². The Morgan fingerprint density at radius 2 is 1.67 bits per heavy atom. The van der Waals surface area contributed by atoms with E-state index >= 15 is 0 Å². The first-order valence-electron chi connectivity index (χ1n) is 8.67. The molecule has 0 aliphatic carbocycles. The number of carbonyl (C=O) groups is 2. The van der Waals surface area contributed by atoms with Crippen molar-refractivity contribution in [3.8, 4) is 5.75 Å². The molecule has 0 N–H and O–H groups in total. The normalized spacial score (nSPS) is 11.9. The van der Waals surface area contributed by atoms with Crippen LogP contribution in [0.3, 0.4) is 0 Å². The van der Waals surface area contributed by atoms with Crippen LogP contribution in [-0.4, -0.2) is 30.0 Å². The van der Waals surface area contributed by atoms with E-state index in [4.69, 9.17) is 9.47 Å². The average Bonchev–Trinajstić information content (AvgIpc) is 2.68. The number of Topliss-reactive ketones (excluding diaryl/α,β-unsaturated/α-hetero) is 1. The molecule has 5 nitrogen and oxygen atoms in total. The molecule has 1 atom stereocenters. The van der Waals surface area contributed by atoms with Gasteiger partial charge in [0.1, 0.15) is 5.75 Å². The molecule has 0 fully saturated rings. The summed E-state index contributed by atoms with van der Waals surface area (Å²) in [4.78, 5) is 30.0. The Labute approximate surface area is 157 Å². The molecule has 0 saturated carbocycles.